The van der Waals surface area contributed by atoms with Crippen LogP contribution >= 0.6 is 0 Å². The van der Waals surface area contributed by atoms with Gasteiger partial charge in [0.15, 0.2) is 0 Å². The highest BCUT2D eigenvalue weighted by atomic mass is 14.4. The van der Waals surface area contributed by atoms with Gasteiger partial charge in [-0.3, -0.25) is 0 Å². The van der Waals surface area contributed by atoms with Gasteiger partial charge in [0.2, 0.25) is 0 Å². The maximum absolute atomic E-state index is 4.12. The highest BCUT2D eigenvalue weighted by Gasteiger charge is 2.38. The third-order valence-corrected chi connectivity index (χ3v) is 4.99. The molecule has 4 atom stereocenters. The van der Waals surface area contributed by atoms with E-state index in [1.165, 1.54) is 16.7 Å². The van der Waals surface area contributed by atoms with E-state index in [0.29, 0.717) is 23.7 Å². The van der Waals surface area contributed by atoms with Crippen molar-refractivity contribution in [2.24, 2.45) is 23.7 Å². The molecule has 0 radical (unpaired) electrons. The predicted octanol–water partition coefficient (Wildman–Crippen LogP) is 6.11. The predicted molar refractivity (Wildman–Crippen MR) is 101 cm³/mol. The smallest absolute Gasteiger partial charge is 0.00928 e. The summed E-state index contributed by atoms with van der Waals surface area (Å²) >= 11 is 0. The molecule has 23 heavy (non-hydrogen) atoms. The minimum Gasteiger partial charge on any atom is -0.0988 e. The van der Waals surface area contributed by atoms with E-state index in [4.69, 9.17) is 0 Å². The molecule has 118 valence electrons. The first kappa shape index (κ1) is 15.8. The molecule has 4 unspecified atom stereocenters. The average Bonchev–Trinajstić information content (AvgIpc) is 2.80. The Morgan fingerprint density at radius 1 is 1.09 bits per heavy atom. The molecule has 3 rings (SSSR count). The monoisotopic (exact) mass is 302 g/mol. The zero-order valence-electron chi connectivity index (χ0n) is 14.2. The fraction of sp³-hybridized carbons (Fsp3) is 0.304. The van der Waals surface area contributed by atoms with Gasteiger partial charge in [0.1, 0.15) is 0 Å². The van der Waals surface area contributed by atoms with Crippen LogP contribution in [-0.2, 0) is 0 Å². The number of allylic oxidation sites excluding steroid dienone is 15. The van der Waals surface area contributed by atoms with Crippen molar-refractivity contribution in [3.63, 3.8) is 0 Å². The lowest BCUT2D eigenvalue weighted by Crippen LogP contribution is -2.33. The number of hydrogen-bond donors (Lipinski definition) is 0. The van der Waals surface area contributed by atoms with Crippen molar-refractivity contribution >= 4 is 0 Å². The molecule has 0 aliphatic heterocycles. The van der Waals surface area contributed by atoms with Crippen LogP contribution in [0.25, 0.3) is 0 Å². The summed E-state index contributed by atoms with van der Waals surface area (Å²) in [6.07, 6.45) is 28.4. The minimum atomic E-state index is 0.398. The summed E-state index contributed by atoms with van der Waals surface area (Å²) in [7, 11) is 0. The van der Waals surface area contributed by atoms with Crippen molar-refractivity contribution in [2.75, 3.05) is 0 Å². The first-order chi connectivity index (χ1) is 11.2. The molecule has 3 aliphatic rings. The van der Waals surface area contributed by atoms with Crippen molar-refractivity contribution in [3.05, 3.63) is 96.2 Å². The second kappa shape index (κ2) is 7.00. The highest BCUT2D eigenvalue weighted by molar-refractivity contribution is 5.48. The lowest BCUT2D eigenvalue weighted by atomic mass is 9.62. The maximum atomic E-state index is 4.12. The summed E-state index contributed by atoms with van der Waals surface area (Å²) in [6.45, 7) is 8.40. The van der Waals surface area contributed by atoms with Crippen LogP contribution in [0.1, 0.15) is 20.3 Å². The Morgan fingerprint density at radius 2 is 1.87 bits per heavy atom. The Balaban J connectivity index is 2.10. The second-order valence-corrected chi connectivity index (χ2v) is 6.79. The summed E-state index contributed by atoms with van der Waals surface area (Å²) in [4.78, 5) is 0. The summed E-state index contributed by atoms with van der Waals surface area (Å²) in [5, 5.41) is 0. The molecular weight excluding hydrogens is 276 g/mol. The number of fused-ring (bicyclic) bond motifs is 3. The Morgan fingerprint density at radius 3 is 2.61 bits per heavy atom. The summed E-state index contributed by atoms with van der Waals surface area (Å²) < 4.78 is 0. The molecule has 0 spiro atoms. The van der Waals surface area contributed by atoms with Gasteiger partial charge in [0.05, 0.1) is 0 Å². The maximum Gasteiger partial charge on any atom is 0.00928 e. The molecule has 0 heterocycles. The van der Waals surface area contributed by atoms with Crippen molar-refractivity contribution in [1.82, 2.24) is 0 Å². The van der Waals surface area contributed by atoms with E-state index in [1.54, 1.807) is 0 Å². The Bertz CT molecular complexity index is 669. The van der Waals surface area contributed by atoms with Crippen molar-refractivity contribution in [1.29, 1.82) is 0 Å². The zero-order valence-corrected chi connectivity index (χ0v) is 14.2. The lowest BCUT2D eigenvalue weighted by molar-refractivity contribution is 0.333. The fourth-order valence-corrected chi connectivity index (χ4v) is 3.96. The number of hydrogen-bond acceptors (Lipinski definition) is 0. The van der Waals surface area contributed by atoms with Gasteiger partial charge in [-0.2, -0.15) is 0 Å². The van der Waals surface area contributed by atoms with Gasteiger partial charge in [-0.25, -0.2) is 0 Å². The summed E-state index contributed by atoms with van der Waals surface area (Å²) in [6, 6.07) is 0. The Labute approximate surface area is 140 Å². The Hall–Kier alpha value is -2.08. The molecule has 0 amide bonds. The van der Waals surface area contributed by atoms with Crippen molar-refractivity contribution in [3.8, 4) is 0 Å². The lowest BCUT2D eigenvalue weighted by Gasteiger charge is -2.41. The molecule has 3 aliphatic carbocycles. The molecule has 0 aromatic rings. The molecule has 0 nitrogen and oxygen atoms in total. The van der Waals surface area contributed by atoms with E-state index in [-0.39, 0.29) is 0 Å². The standard InChI is InChI=1S/C23H26/c1-4-18-19-14-8-9-15-22(19)23-13-7-5-6-12-21(23)20(18)16-10-11-17(2)3/h4,6-16,20-23H,1,5H2,2-3H3. The van der Waals surface area contributed by atoms with Gasteiger partial charge < -0.3 is 0 Å². The fourth-order valence-electron chi connectivity index (χ4n) is 3.96. The molecule has 0 aromatic heterocycles. The van der Waals surface area contributed by atoms with Crippen molar-refractivity contribution in [2.45, 2.75) is 20.3 Å². The van der Waals surface area contributed by atoms with Crippen LogP contribution in [0.15, 0.2) is 96.2 Å². The summed E-state index contributed by atoms with van der Waals surface area (Å²) in [5.41, 5.74) is 4.15. The molecule has 0 saturated carbocycles. The average molecular weight is 302 g/mol. The normalized spacial score (nSPS) is 31.7. The van der Waals surface area contributed by atoms with Gasteiger partial charge in [-0.05, 0) is 43.3 Å². The van der Waals surface area contributed by atoms with E-state index in [0.717, 1.165) is 6.42 Å². The van der Waals surface area contributed by atoms with Crippen LogP contribution < -0.4 is 0 Å². The topological polar surface area (TPSA) is 0 Å². The number of rotatable bonds is 3. The molecule has 0 aromatic carbocycles. The summed E-state index contributed by atoms with van der Waals surface area (Å²) in [5.74, 6) is 1.92. The van der Waals surface area contributed by atoms with Gasteiger partial charge in [-0.1, -0.05) is 85.1 Å². The van der Waals surface area contributed by atoms with E-state index in [9.17, 15) is 0 Å². The van der Waals surface area contributed by atoms with Crippen LogP contribution in [0.2, 0.25) is 0 Å². The van der Waals surface area contributed by atoms with Gasteiger partial charge in [0.25, 0.3) is 0 Å². The third kappa shape index (κ3) is 3.17. The SMILES string of the molecule is C=CC1=C2C=CC=CC2C2C=CCC=CC2C1C=CC=C(C)C. The quantitative estimate of drug-likeness (QED) is 0.435. The molecule has 0 heteroatoms. The third-order valence-electron chi connectivity index (χ3n) is 4.99. The molecule has 0 bridgehead atoms. The van der Waals surface area contributed by atoms with E-state index in [2.05, 4.69) is 93.3 Å². The highest BCUT2D eigenvalue weighted by Crippen LogP contribution is 2.47. The molecule has 0 fully saturated rings. The van der Waals surface area contributed by atoms with Crippen LogP contribution in [0.4, 0.5) is 0 Å². The van der Waals surface area contributed by atoms with E-state index < -0.39 is 0 Å². The molecule has 0 N–H and O–H groups in total. The van der Waals surface area contributed by atoms with E-state index in [1.807, 2.05) is 0 Å². The zero-order chi connectivity index (χ0) is 16.2. The largest absolute Gasteiger partial charge is 0.0988 e. The second-order valence-electron chi connectivity index (χ2n) is 6.79. The molecule has 0 saturated heterocycles. The first-order valence-electron chi connectivity index (χ1n) is 8.58. The first-order valence-corrected chi connectivity index (χ1v) is 8.58. The van der Waals surface area contributed by atoms with Gasteiger partial charge in [0, 0.05) is 11.8 Å². The van der Waals surface area contributed by atoms with Crippen LogP contribution in [0.5, 0.6) is 0 Å². The minimum absolute atomic E-state index is 0.398. The van der Waals surface area contributed by atoms with Gasteiger partial charge >= 0.3 is 0 Å². The van der Waals surface area contributed by atoms with Crippen LogP contribution in [-0.4, -0.2) is 0 Å². The van der Waals surface area contributed by atoms with Crippen molar-refractivity contribution < 1.29 is 0 Å². The van der Waals surface area contributed by atoms with E-state index >= 15 is 0 Å². The Kier molecular flexibility index (Phi) is 4.81. The van der Waals surface area contributed by atoms with Crippen LogP contribution in [0, 0.1) is 23.7 Å². The molecular formula is C23H26. The van der Waals surface area contributed by atoms with Gasteiger partial charge in [-0.15, -0.1) is 0 Å². The van der Waals surface area contributed by atoms with Crippen LogP contribution in [0.3, 0.4) is 0 Å².